The Morgan fingerprint density at radius 1 is 0.828 bits per heavy atom. The standard InChI is InChI=1S/C23H23N5O/c1-17-4-6-18(7-5-17)23(2,3)19-8-10-20(11-9-19)29-16-21-24-13-12-22(27-21)28-25-14-15-26-28/h4-15H,16H2,1-3H3. The third-order valence-electron chi connectivity index (χ3n) is 5.03. The van der Waals surface area contributed by atoms with E-state index in [0.717, 1.165) is 5.75 Å². The molecule has 4 rings (SSSR count). The van der Waals surface area contributed by atoms with Crippen LogP contribution >= 0.6 is 0 Å². The molecule has 146 valence electrons. The van der Waals surface area contributed by atoms with Crippen LogP contribution in [0.2, 0.25) is 0 Å². The second-order valence-electron chi connectivity index (χ2n) is 7.45. The Morgan fingerprint density at radius 2 is 1.45 bits per heavy atom. The number of rotatable bonds is 6. The quantitative estimate of drug-likeness (QED) is 0.496. The van der Waals surface area contributed by atoms with E-state index in [4.69, 9.17) is 4.74 Å². The minimum atomic E-state index is -0.0829. The van der Waals surface area contributed by atoms with Gasteiger partial charge in [0.05, 0.1) is 12.4 Å². The summed E-state index contributed by atoms with van der Waals surface area (Å²) in [7, 11) is 0. The van der Waals surface area contributed by atoms with Crippen LogP contribution < -0.4 is 4.74 Å². The smallest absolute Gasteiger partial charge is 0.177 e. The molecule has 0 aliphatic heterocycles. The van der Waals surface area contributed by atoms with Crippen molar-refractivity contribution in [1.82, 2.24) is 25.0 Å². The Morgan fingerprint density at radius 3 is 2.10 bits per heavy atom. The van der Waals surface area contributed by atoms with Gasteiger partial charge < -0.3 is 4.74 Å². The normalized spacial score (nSPS) is 11.4. The van der Waals surface area contributed by atoms with E-state index in [1.54, 1.807) is 24.7 Å². The Balaban J connectivity index is 1.45. The van der Waals surface area contributed by atoms with Crippen LogP contribution in [0.3, 0.4) is 0 Å². The highest BCUT2D eigenvalue weighted by Gasteiger charge is 2.22. The molecule has 0 spiro atoms. The molecule has 4 aromatic rings. The number of aromatic nitrogens is 5. The van der Waals surface area contributed by atoms with Crippen LogP contribution in [0.1, 0.15) is 36.4 Å². The molecule has 2 heterocycles. The van der Waals surface area contributed by atoms with Crippen LogP contribution in [0.25, 0.3) is 5.82 Å². The average molecular weight is 385 g/mol. The molecule has 0 unspecified atom stereocenters. The fourth-order valence-electron chi connectivity index (χ4n) is 3.16. The molecule has 0 saturated heterocycles. The van der Waals surface area contributed by atoms with Gasteiger partial charge >= 0.3 is 0 Å². The molecular weight excluding hydrogens is 362 g/mol. The SMILES string of the molecule is Cc1ccc(C(C)(C)c2ccc(OCc3nccc(-n4nccn4)n3)cc2)cc1. The number of nitrogens with zero attached hydrogens (tertiary/aromatic N) is 5. The van der Waals surface area contributed by atoms with Gasteiger partial charge in [-0.3, -0.25) is 0 Å². The first-order valence-electron chi connectivity index (χ1n) is 9.51. The lowest BCUT2D eigenvalue weighted by Crippen LogP contribution is -2.18. The van der Waals surface area contributed by atoms with Crippen LogP contribution in [0, 0.1) is 6.92 Å². The summed E-state index contributed by atoms with van der Waals surface area (Å²) < 4.78 is 5.88. The summed E-state index contributed by atoms with van der Waals surface area (Å²) in [6.45, 7) is 6.84. The van der Waals surface area contributed by atoms with Gasteiger partial charge in [0.25, 0.3) is 0 Å². The molecule has 0 N–H and O–H groups in total. The Hall–Kier alpha value is -3.54. The molecule has 0 atom stereocenters. The third kappa shape index (κ3) is 4.16. The molecule has 0 radical (unpaired) electrons. The minimum Gasteiger partial charge on any atom is -0.486 e. The van der Waals surface area contributed by atoms with E-state index < -0.39 is 0 Å². The number of ether oxygens (including phenoxy) is 1. The zero-order valence-corrected chi connectivity index (χ0v) is 16.8. The van der Waals surface area contributed by atoms with Gasteiger partial charge in [0.1, 0.15) is 12.4 Å². The van der Waals surface area contributed by atoms with Crippen LogP contribution in [0.4, 0.5) is 0 Å². The van der Waals surface area contributed by atoms with Gasteiger partial charge in [-0.1, -0.05) is 55.8 Å². The lowest BCUT2D eigenvalue weighted by Gasteiger charge is -2.26. The monoisotopic (exact) mass is 385 g/mol. The maximum absolute atomic E-state index is 5.88. The molecule has 6 heteroatoms. The maximum atomic E-state index is 5.88. The predicted octanol–water partition coefficient (Wildman–Crippen LogP) is 4.27. The summed E-state index contributed by atoms with van der Waals surface area (Å²) in [5.74, 6) is 1.96. The summed E-state index contributed by atoms with van der Waals surface area (Å²) >= 11 is 0. The molecule has 0 saturated carbocycles. The predicted molar refractivity (Wildman–Crippen MR) is 111 cm³/mol. The summed E-state index contributed by atoms with van der Waals surface area (Å²) in [5, 5.41) is 8.17. The van der Waals surface area contributed by atoms with Gasteiger partial charge in [0.15, 0.2) is 11.6 Å². The zero-order valence-electron chi connectivity index (χ0n) is 16.8. The summed E-state index contributed by atoms with van der Waals surface area (Å²) in [4.78, 5) is 10.2. The van der Waals surface area contributed by atoms with E-state index in [0.29, 0.717) is 11.6 Å². The van der Waals surface area contributed by atoms with Crippen molar-refractivity contribution in [3.8, 4) is 11.6 Å². The van der Waals surface area contributed by atoms with E-state index in [1.807, 2.05) is 12.1 Å². The minimum absolute atomic E-state index is 0.0829. The fraction of sp³-hybridized carbons (Fsp3) is 0.217. The van der Waals surface area contributed by atoms with E-state index in [1.165, 1.54) is 21.5 Å². The van der Waals surface area contributed by atoms with Gasteiger partial charge in [-0.15, -0.1) is 4.80 Å². The van der Waals surface area contributed by atoms with Crippen molar-refractivity contribution in [3.63, 3.8) is 0 Å². The zero-order chi connectivity index (χ0) is 20.3. The molecule has 0 aliphatic rings. The van der Waals surface area contributed by atoms with Gasteiger partial charge in [-0.2, -0.15) is 10.2 Å². The van der Waals surface area contributed by atoms with E-state index in [9.17, 15) is 0 Å². The first-order valence-corrected chi connectivity index (χ1v) is 9.51. The Kier molecular flexibility index (Phi) is 5.08. The van der Waals surface area contributed by atoms with Crippen LogP contribution in [-0.2, 0) is 12.0 Å². The first kappa shape index (κ1) is 18.8. The topological polar surface area (TPSA) is 65.7 Å². The van der Waals surface area contributed by atoms with Gasteiger partial charge in [0.2, 0.25) is 0 Å². The Labute approximate surface area is 170 Å². The highest BCUT2D eigenvalue weighted by molar-refractivity contribution is 5.40. The van der Waals surface area contributed by atoms with Crippen molar-refractivity contribution in [2.24, 2.45) is 0 Å². The molecular formula is C23H23N5O. The van der Waals surface area contributed by atoms with E-state index in [2.05, 4.69) is 77.3 Å². The molecule has 0 fully saturated rings. The average Bonchev–Trinajstić information content (AvgIpc) is 3.28. The van der Waals surface area contributed by atoms with E-state index in [-0.39, 0.29) is 12.0 Å². The lowest BCUT2D eigenvalue weighted by atomic mass is 9.78. The number of benzene rings is 2. The van der Waals surface area contributed by atoms with E-state index >= 15 is 0 Å². The van der Waals surface area contributed by atoms with Crippen molar-refractivity contribution >= 4 is 0 Å². The van der Waals surface area contributed by atoms with Crippen LogP contribution in [0.15, 0.2) is 73.2 Å². The summed E-state index contributed by atoms with van der Waals surface area (Å²) in [6, 6.07) is 18.7. The highest BCUT2D eigenvalue weighted by atomic mass is 16.5. The van der Waals surface area contributed by atoms with Crippen molar-refractivity contribution < 1.29 is 4.74 Å². The number of hydrogen-bond acceptors (Lipinski definition) is 5. The summed E-state index contributed by atoms with van der Waals surface area (Å²) in [6.07, 6.45) is 4.90. The fourth-order valence-corrected chi connectivity index (χ4v) is 3.16. The van der Waals surface area contributed by atoms with Crippen LogP contribution in [-0.4, -0.2) is 25.0 Å². The molecule has 0 bridgehead atoms. The molecule has 0 aliphatic carbocycles. The van der Waals surface area contributed by atoms with Gasteiger partial charge in [-0.05, 0) is 30.2 Å². The number of aryl methyl sites for hydroxylation is 1. The Bertz CT molecular complexity index is 1070. The molecule has 29 heavy (non-hydrogen) atoms. The largest absolute Gasteiger partial charge is 0.486 e. The van der Waals surface area contributed by atoms with Crippen molar-refractivity contribution in [1.29, 1.82) is 0 Å². The van der Waals surface area contributed by atoms with Gasteiger partial charge in [0, 0.05) is 17.7 Å². The number of hydrogen-bond donors (Lipinski definition) is 0. The third-order valence-corrected chi connectivity index (χ3v) is 5.03. The second-order valence-corrected chi connectivity index (χ2v) is 7.45. The van der Waals surface area contributed by atoms with Crippen LogP contribution in [0.5, 0.6) is 5.75 Å². The van der Waals surface area contributed by atoms with Gasteiger partial charge in [-0.25, -0.2) is 9.97 Å². The second kappa shape index (κ2) is 7.83. The molecule has 0 amide bonds. The molecule has 2 aromatic carbocycles. The molecule has 6 nitrogen and oxygen atoms in total. The van der Waals surface area contributed by atoms with Crippen molar-refractivity contribution in [3.05, 3.63) is 95.7 Å². The van der Waals surface area contributed by atoms with Crippen molar-refractivity contribution in [2.75, 3.05) is 0 Å². The summed E-state index contributed by atoms with van der Waals surface area (Å²) in [5.41, 5.74) is 3.70. The molecule has 2 aromatic heterocycles. The van der Waals surface area contributed by atoms with Crippen molar-refractivity contribution in [2.45, 2.75) is 32.8 Å². The lowest BCUT2D eigenvalue weighted by molar-refractivity contribution is 0.295. The first-order chi connectivity index (χ1) is 14.0. The maximum Gasteiger partial charge on any atom is 0.177 e. The highest BCUT2D eigenvalue weighted by Crippen LogP contribution is 2.32.